The average Bonchev–Trinajstić information content (AvgIpc) is 3.51. The van der Waals surface area contributed by atoms with Crippen LogP contribution < -0.4 is 5.32 Å². The van der Waals surface area contributed by atoms with Crippen molar-refractivity contribution in [2.75, 3.05) is 0 Å². The molecule has 7 rings (SSSR count). The molecule has 10 atom stereocenters. The van der Waals surface area contributed by atoms with Gasteiger partial charge in [-0.15, -0.1) is 0 Å². The minimum absolute atomic E-state index is 0.0506. The zero-order valence-corrected chi connectivity index (χ0v) is 32.6. The second-order valence-electron chi connectivity index (χ2n) is 19.2. The van der Waals surface area contributed by atoms with Gasteiger partial charge in [0.2, 0.25) is 5.91 Å². The Morgan fingerprint density at radius 2 is 1.50 bits per heavy atom. The number of carbonyl (C=O) groups excluding carboxylic acids is 1. The van der Waals surface area contributed by atoms with Gasteiger partial charge in [0, 0.05) is 6.54 Å². The van der Waals surface area contributed by atoms with E-state index in [0.29, 0.717) is 49.3 Å². The topological polar surface area (TPSA) is 95.9 Å². The Morgan fingerprint density at radius 1 is 0.808 bits per heavy atom. The number of rotatable bonds is 9. The molecule has 0 spiro atoms. The zero-order valence-electron chi connectivity index (χ0n) is 32.6. The summed E-state index contributed by atoms with van der Waals surface area (Å²) < 4.78 is 5.96. The van der Waals surface area contributed by atoms with Crippen molar-refractivity contribution < 1.29 is 24.5 Å². The van der Waals surface area contributed by atoms with Crippen LogP contribution in [0.3, 0.4) is 0 Å². The average molecular weight is 710 g/mol. The van der Waals surface area contributed by atoms with Crippen molar-refractivity contribution in [1.29, 1.82) is 0 Å². The molecule has 0 aromatic heterocycles. The van der Waals surface area contributed by atoms with Gasteiger partial charge in [0.25, 0.3) is 0 Å². The number of aliphatic hydroxyl groups excluding tert-OH is 1. The predicted octanol–water partition coefficient (Wildman–Crippen LogP) is 9.74. The molecule has 6 nitrogen and oxygen atoms in total. The highest BCUT2D eigenvalue weighted by atomic mass is 16.5. The molecule has 5 saturated carbocycles. The summed E-state index contributed by atoms with van der Waals surface area (Å²) in [5.41, 5.74) is 4.63. The summed E-state index contributed by atoms with van der Waals surface area (Å²) in [6.45, 7) is 20.5. The van der Waals surface area contributed by atoms with E-state index in [1.54, 1.807) is 18.2 Å². The van der Waals surface area contributed by atoms with Gasteiger partial charge in [-0.1, -0.05) is 83.2 Å². The number of benzene rings is 2. The molecule has 5 aliphatic rings. The molecule has 0 radical (unpaired) electrons. The summed E-state index contributed by atoms with van der Waals surface area (Å²) in [5, 5.41) is 23.9. The van der Waals surface area contributed by atoms with E-state index >= 15 is 0 Å². The number of ether oxygens (including phenoxy) is 1. The Morgan fingerprint density at radius 3 is 2.21 bits per heavy atom. The molecule has 3 N–H and O–H groups in total. The number of aliphatic hydroxyl groups is 1. The highest BCUT2D eigenvalue weighted by Gasteiger charge is 2.71. The van der Waals surface area contributed by atoms with Crippen LogP contribution in [-0.4, -0.2) is 28.2 Å². The van der Waals surface area contributed by atoms with E-state index in [2.05, 4.69) is 65.6 Å². The fourth-order valence-corrected chi connectivity index (χ4v) is 13.8. The number of amides is 1. The quantitative estimate of drug-likeness (QED) is 0.226. The lowest BCUT2D eigenvalue weighted by Crippen LogP contribution is -2.67. The molecular weight excluding hydrogens is 647 g/mol. The minimum atomic E-state index is -0.943. The monoisotopic (exact) mass is 709 g/mol. The summed E-state index contributed by atoms with van der Waals surface area (Å²) >= 11 is 0. The predicted molar refractivity (Wildman–Crippen MR) is 205 cm³/mol. The zero-order chi connectivity index (χ0) is 37.3. The molecule has 1 amide bonds. The van der Waals surface area contributed by atoms with Crippen LogP contribution >= 0.6 is 0 Å². The van der Waals surface area contributed by atoms with E-state index < -0.39 is 5.97 Å². The summed E-state index contributed by atoms with van der Waals surface area (Å²) in [5.74, 6) is 1.67. The standard InChI is InChI=1S/C46H63NO5/c1-29(2)34-16-21-46(41(51)47-26-30-10-8-11-31(24-30)27-52-28-32-12-9-13-33(25-32)40(49)50)23-22-44(6)35(39(34)46)14-15-37-43(5)19-18-38(48)42(3,4)36(43)17-20-45(37,44)7/h8-13,24-25,34-39,48H,1,14-23,26-28H2,2-7H3,(H,47,51)(H,49,50)/t34-,35?,36?,37?,38-,39?,43-,44+,45+,46-/m0/s1. The smallest absolute Gasteiger partial charge is 0.335 e. The number of carboxylic acids is 1. The highest BCUT2D eigenvalue weighted by Crippen LogP contribution is 2.77. The second kappa shape index (κ2) is 13.4. The molecule has 5 aliphatic carbocycles. The van der Waals surface area contributed by atoms with Crippen molar-refractivity contribution in [2.24, 2.45) is 56.7 Å². The Labute approximate surface area is 312 Å². The summed E-state index contributed by atoms with van der Waals surface area (Å²) in [7, 11) is 0. The summed E-state index contributed by atoms with van der Waals surface area (Å²) in [4.78, 5) is 26.0. The number of carbonyl (C=O) groups is 2. The van der Waals surface area contributed by atoms with E-state index in [1.165, 1.54) is 31.3 Å². The van der Waals surface area contributed by atoms with Crippen LogP contribution in [0.15, 0.2) is 60.7 Å². The molecule has 6 heteroatoms. The maximum absolute atomic E-state index is 14.7. The number of hydrogen-bond donors (Lipinski definition) is 3. The van der Waals surface area contributed by atoms with E-state index in [0.717, 1.165) is 55.2 Å². The van der Waals surface area contributed by atoms with Gasteiger partial charge in [-0.25, -0.2) is 4.79 Å². The lowest BCUT2D eigenvalue weighted by Gasteiger charge is -2.72. The van der Waals surface area contributed by atoms with Crippen molar-refractivity contribution in [3.05, 3.63) is 82.9 Å². The molecular formula is C46H63NO5. The maximum Gasteiger partial charge on any atom is 0.335 e. The Balaban J connectivity index is 1.07. The lowest BCUT2D eigenvalue weighted by atomic mass is 9.32. The van der Waals surface area contributed by atoms with Gasteiger partial charge >= 0.3 is 5.97 Å². The van der Waals surface area contributed by atoms with E-state index in [9.17, 15) is 19.8 Å². The van der Waals surface area contributed by atoms with Crippen molar-refractivity contribution in [3.63, 3.8) is 0 Å². The van der Waals surface area contributed by atoms with Crippen LogP contribution in [0.2, 0.25) is 0 Å². The van der Waals surface area contributed by atoms with Crippen molar-refractivity contribution in [1.82, 2.24) is 5.32 Å². The minimum Gasteiger partial charge on any atom is -0.478 e. The number of nitrogens with one attached hydrogen (secondary N) is 1. The van der Waals surface area contributed by atoms with Gasteiger partial charge < -0.3 is 20.3 Å². The molecule has 0 bridgehead atoms. The first-order chi connectivity index (χ1) is 24.6. The lowest BCUT2D eigenvalue weighted by molar-refractivity contribution is -0.246. The molecule has 2 aromatic carbocycles. The maximum atomic E-state index is 14.7. The van der Waals surface area contributed by atoms with Gasteiger partial charge in [0.1, 0.15) is 0 Å². The third kappa shape index (κ3) is 5.81. The van der Waals surface area contributed by atoms with E-state index in [-0.39, 0.29) is 44.6 Å². The van der Waals surface area contributed by atoms with Crippen LogP contribution in [0.1, 0.15) is 133 Å². The number of fused-ring (bicyclic) bond motifs is 7. The Kier molecular flexibility index (Phi) is 9.63. The molecule has 0 heterocycles. The molecule has 0 saturated heterocycles. The van der Waals surface area contributed by atoms with Crippen LogP contribution in [0.25, 0.3) is 0 Å². The third-order valence-corrected chi connectivity index (χ3v) is 16.7. The summed E-state index contributed by atoms with van der Waals surface area (Å²) in [6, 6.07) is 15.1. The second-order valence-corrected chi connectivity index (χ2v) is 19.2. The highest BCUT2D eigenvalue weighted by molar-refractivity contribution is 5.87. The van der Waals surface area contributed by atoms with Crippen molar-refractivity contribution in [3.8, 4) is 0 Å². The molecule has 4 unspecified atom stereocenters. The Bertz CT molecular complexity index is 1720. The molecule has 0 aliphatic heterocycles. The molecule has 282 valence electrons. The normalized spacial score (nSPS) is 39.0. The SMILES string of the molecule is C=C(C)[C@@H]1CC[C@]2(C(=O)NCc3cccc(COCc4cccc(C(=O)O)c4)c3)CC[C@]3(C)C(CCC4[C@@]5(C)CC[C@H](O)C(C)(C)C5CC[C@]43C)C12. The number of allylic oxidation sites excluding steroid dienone is 1. The van der Waals surface area contributed by atoms with Crippen molar-refractivity contribution in [2.45, 2.75) is 132 Å². The van der Waals surface area contributed by atoms with Crippen molar-refractivity contribution >= 4 is 11.9 Å². The van der Waals surface area contributed by atoms with Crippen LogP contribution in [0, 0.1) is 56.7 Å². The van der Waals surface area contributed by atoms with Gasteiger partial charge in [0.05, 0.1) is 30.3 Å². The number of carboxylic acid groups (broad SMARTS) is 1. The third-order valence-electron chi connectivity index (χ3n) is 16.7. The Hall–Kier alpha value is -2.96. The van der Waals surface area contributed by atoms with Crippen LogP contribution in [0.4, 0.5) is 0 Å². The molecule has 2 aromatic rings. The first kappa shape index (κ1) is 37.4. The van der Waals surface area contributed by atoms with Gasteiger partial charge in [-0.05, 0) is 151 Å². The first-order valence-corrected chi connectivity index (χ1v) is 20.2. The first-order valence-electron chi connectivity index (χ1n) is 20.2. The fourth-order valence-electron chi connectivity index (χ4n) is 13.8. The number of hydrogen-bond acceptors (Lipinski definition) is 4. The van der Waals surface area contributed by atoms with E-state index in [1.807, 2.05) is 18.2 Å². The largest absolute Gasteiger partial charge is 0.478 e. The van der Waals surface area contributed by atoms with Crippen LogP contribution in [0.5, 0.6) is 0 Å². The van der Waals surface area contributed by atoms with Crippen LogP contribution in [-0.2, 0) is 29.3 Å². The van der Waals surface area contributed by atoms with Gasteiger partial charge in [-0.2, -0.15) is 0 Å². The molecule has 5 fully saturated rings. The van der Waals surface area contributed by atoms with Gasteiger partial charge in [0.15, 0.2) is 0 Å². The van der Waals surface area contributed by atoms with E-state index in [4.69, 9.17) is 4.74 Å². The van der Waals surface area contributed by atoms with Gasteiger partial charge in [-0.3, -0.25) is 4.79 Å². The molecule has 52 heavy (non-hydrogen) atoms. The fraction of sp³-hybridized carbons (Fsp3) is 0.652. The summed E-state index contributed by atoms with van der Waals surface area (Å²) in [6.07, 6.45) is 10.7. The number of aromatic carboxylic acids is 1.